The molecule has 0 radical (unpaired) electrons. The number of carbonyl (C=O) groups is 1. The highest BCUT2D eigenvalue weighted by Crippen LogP contribution is 2.35. The Hall–Kier alpha value is -2.55. The van der Waals surface area contributed by atoms with Crippen molar-refractivity contribution in [3.8, 4) is 22.8 Å². The van der Waals surface area contributed by atoms with E-state index in [-0.39, 0.29) is 19.2 Å². The number of carbonyl (C=O) groups excluding carboxylic acids is 1. The molecule has 1 saturated heterocycles. The number of likely N-dealkylation sites (tertiary alicyclic amines) is 1. The number of aromatic amines is 1. The van der Waals surface area contributed by atoms with Crippen molar-refractivity contribution in [2.45, 2.75) is 11.7 Å². The molecule has 1 N–H and O–H groups in total. The van der Waals surface area contributed by atoms with E-state index in [0.717, 1.165) is 5.56 Å². The van der Waals surface area contributed by atoms with Crippen molar-refractivity contribution >= 4 is 15.7 Å². The van der Waals surface area contributed by atoms with Crippen molar-refractivity contribution in [3.63, 3.8) is 0 Å². The average molecular weight is 363 g/mol. The quantitative estimate of drug-likeness (QED) is 0.875. The van der Waals surface area contributed by atoms with Crippen molar-refractivity contribution in [2.75, 3.05) is 26.1 Å². The molecule has 1 aromatic heterocycles. The van der Waals surface area contributed by atoms with Gasteiger partial charge in [-0.1, -0.05) is 0 Å². The summed E-state index contributed by atoms with van der Waals surface area (Å²) in [7, 11) is -3.14. The van der Waals surface area contributed by atoms with Gasteiger partial charge >= 0.3 is 0 Å². The van der Waals surface area contributed by atoms with Gasteiger partial charge in [0.15, 0.2) is 21.3 Å². The van der Waals surface area contributed by atoms with Crippen LogP contribution in [0.5, 0.6) is 11.5 Å². The SMILES string of the molecule is CS(=O)(=O)C1CCN(C(=O)c2cc(-c3ccc4c(c3)OCO4)n[nH]2)C1. The molecule has 0 aliphatic carbocycles. The second-order valence-electron chi connectivity index (χ2n) is 6.23. The third-order valence-corrected chi connectivity index (χ3v) is 6.11. The highest BCUT2D eigenvalue weighted by atomic mass is 32.2. The lowest BCUT2D eigenvalue weighted by atomic mass is 10.1. The molecule has 3 heterocycles. The molecule has 1 unspecified atom stereocenters. The lowest BCUT2D eigenvalue weighted by molar-refractivity contribution is 0.0787. The third-order valence-electron chi connectivity index (χ3n) is 4.51. The van der Waals surface area contributed by atoms with Crippen LogP contribution in [-0.4, -0.2) is 60.8 Å². The van der Waals surface area contributed by atoms with E-state index in [4.69, 9.17) is 9.47 Å². The van der Waals surface area contributed by atoms with Gasteiger partial charge in [0.05, 0.1) is 10.9 Å². The Morgan fingerprint density at radius 2 is 2.08 bits per heavy atom. The van der Waals surface area contributed by atoms with E-state index in [2.05, 4.69) is 10.2 Å². The monoisotopic (exact) mass is 363 g/mol. The molecule has 1 aromatic carbocycles. The maximum atomic E-state index is 12.6. The normalized spacial score (nSPS) is 19.4. The van der Waals surface area contributed by atoms with E-state index in [0.29, 0.717) is 35.9 Å². The molecule has 8 nitrogen and oxygen atoms in total. The Morgan fingerprint density at radius 3 is 2.84 bits per heavy atom. The molecule has 1 amide bonds. The minimum atomic E-state index is -3.14. The fraction of sp³-hybridized carbons (Fsp3) is 0.375. The molecule has 2 aliphatic heterocycles. The van der Waals surface area contributed by atoms with Crippen LogP contribution in [-0.2, 0) is 9.84 Å². The maximum absolute atomic E-state index is 12.6. The number of hydrogen-bond donors (Lipinski definition) is 1. The molecule has 2 aliphatic rings. The van der Waals surface area contributed by atoms with Gasteiger partial charge in [0.2, 0.25) is 6.79 Å². The van der Waals surface area contributed by atoms with Crippen LogP contribution in [0.25, 0.3) is 11.3 Å². The third kappa shape index (κ3) is 2.95. The van der Waals surface area contributed by atoms with E-state index < -0.39 is 15.1 Å². The number of aromatic nitrogens is 2. The lowest BCUT2D eigenvalue weighted by Crippen LogP contribution is -2.31. The zero-order valence-corrected chi connectivity index (χ0v) is 14.4. The van der Waals surface area contributed by atoms with Crippen LogP contribution >= 0.6 is 0 Å². The van der Waals surface area contributed by atoms with Gasteiger partial charge < -0.3 is 14.4 Å². The highest BCUT2D eigenvalue weighted by molar-refractivity contribution is 7.91. The van der Waals surface area contributed by atoms with Gasteiger partial charge in [0.25, 0.3) is 5.91 Å². The summed E-state index contributed by atoms with van der Waals surface area (Å²) in [6.45, 7) is 0.838. The fourth-order valence-electron chi connectivity index (χ4n) is 3.07. The van der Waals surface area contributed by atoms with Crippen molar-refractivity contribution in [2.24, 2.45) is 0 Å². The summed E-state index contributed by atoms with van der Waals surface area (Å²) in [5, 5.41) is 6.43. The fourth-order valence-corrected chi connectivity index (χ4v) is 4.05. The molecular weight excluding hydrogens is 346 g/mol. The van der Waals surface area contributed by atoms with Crippen molar-refractivity contribution in [1.82, 2.24) is 15.1 Å². The van der Waals surface area contributed by atoms with Gasteiger partial charge in [-0.05, 0) is 30.7 Å². The molecule has 0 spiro atoms. The zero-order chi connectivity index (χ0) is 17.6. The predicted molar refractivity (Wildman–Crippen MR) is 89.3 cm³/mol. The minimum Gasteiger partial charge on any atom is -0.454 e. The number of sulfone groups is 1. The van der Waals surface area contributed by atoms with Crippen LogP contribution in [0.4, 0.5) is 0 Å². The molecular formula is C16H17N3O5S. The Bertz CT molecular complexity index is 937. The van der Waals surface area contributed by atoms with Gasteiger partial charge in [-0.15, -0.1) is 0 Å². The summed E-state index contributed by atoms with van der Waals surface area (Å²) in [6, 6.07) is 7.11. The molecule has 25 heavy (non-hydrogen) atoms. The second-order valence-corrected chi connectivity index (χ2v) is 8.55. The summed E-state index contributed by atoms with van der Waals surface area (Å²) < 4.78 is 33.9. The van der Waals surface area contributed by atoms with Crippen molar-refractivity contribution in [1.29, 1.82) is 0 Å². The molecule has 0 saturated carbocycles. The Kier molecular flexibility index (Phi) is 3.68. The minimum absolute atomic E-state index is 0.194. The number of fused-ring (bicyclic) bond motifs is 1. The van der Waals surface area contributed by atoms with Crippen LogP contribution in [0.15, 0.2) is 24.3 Å². The molecule has 9 heteroatoms. The topological polar surface area (TPSA) is 102 Å². The van der Waals surface area contributed by atoms with Gasteiger partial charge in [0, 0.05) is 24.9 Å². The highest BCUT2D eigenvalue weighted by Gasteiger charge is 2.33. The average Bonchev–Trinajstić information content (AvgIpc) is 3.31. The van der Waals surface area contributed by atoms with E-state index in [1.54, 1.807) is 17.0 Å². The second kappa shape index (κ2) is 5.76. The first kappa shape index (κ1) is 15.9. The number of ether oxygens (including phenoxy) is 2. The molecule has 4 rings (SSSR count). The first-order valence-corrected chi connectivity index (χ1v) is 9.81. The summed E-state index contributed by atoms with van der Waals surface area (Å²) in [6.07, 6.45) is 1.67. The summed E-state index contributed by atoms with van der Waals surface area (Å²) in [5.41, 5.74) is 1.75. The zero-order valence-electron chi connectivity index (χ0n) is 13.6. The molecule has 1 atom stereocenters. The largest absolute Gasteiger partial charge is 0.454 e. The van der Waals surface area contributed by atoms with Gasteiger partial charge in [-0.25, -0.2) is 8.42 Å². The van der Waals surface area contributed by atoms with Crippen molar-refractivity contribution in [3.05, 3.63) is 30.0 Å². The number of amides is 1. The Morgan fingerprint density at radius 1 is 1.28 bits per heavy atom. The standard InChI is InChI=1S/C16H17N3O5S/c1-25(21,22)11-4-5-19(8-11)16(20)13-7-12(17-18-13)10-2-3-14-15(6-10)24-9-23-14/h2-3,6-7,11H,4-5,8-9H2,1H3,(H,17,18). The molecule has 2 aromatic rings. The van der Waals surface area contributed by atoms with Gasteiger partial charge in [0.1, 0.15) is 5.69 Å². The van der Waals surface area contributed by atoms with Crippen LogP contribution < -0.4 is 9.47 Å². The smallest absolute Gasteiger partial charge is 0.271 e. The number of benzene rings is 1. The van der Waals surface area contributed by atoms with Gasteiger partial charge in [-0.2, -0.15) is 5.10 Å². The van der Waals surface area contributed by atoms with E-state index in [1.807, 2.05) is 12.1 Å². The predicted octanol–water partition coefficient (Wildman–Crippen LogP) is 1.06. The van der Waals surface area contributed by atoms with Crippen LogP contribution in [0.2, 0.25) is 0 Å². The number of rotatable bonds is 3. The van der Waals surface area contributed by atoms with E-state index >= 15 is 0 Å². The van der Waals surface area contributed by atoms with E-state index in [9.17, 15) is 13.2 Å². The lowest BCUT2D eigenvalue weighted by Gasteiger charge is -2.14. The summed E-state index contributed by atoms with van der Waals surface area (Å²) in [4.78, 5) is 14.1. The summed E-state index contributed by atoms with van der Waals surface area (Å²) in [5.74, 6) is 1.08. The summed E-state index contributed by atoms with van der Waals surface area (Å²) >= 11 is 0. The van der Waals surface area contributed by atoms with Crippen LogP contribution in [0.1, 0.15) is 16.9 Å². The first-order chi connectivity index (χ1) is 11.9. The molecule has 1 fully saturated rings. The molecule has 0 bridgehead atoms. The Balaban J connectivity index is 1.52. The van der Waals surface area contributed by atoms with Crippen molar-refractivity contribution < 1.29 is 22.7 Å². The van der Waals surface area contributed by atoms with E-state index in [1.165, 1.54) is 6.26 Å². The molecule has 132 valence electrons. The first-order valence-electron chi connectivity index (χ1n) is 7.85. The Labute approximate surface area is 144 Å². The van der Waals surface area contributed by atoms with Crippen LogP contribution in [0.3, 0.4) is 0 Å². The number of hydrogen-bond acceptors (Lipinski definition) is 6. The van der Waals surface area contributed by atoms with Gasteiger partial charge in [-0.3, -0.25) is 9.89 Å². The maximum Gasteiger partial charge on any atom is 0.271 e. The number of nitrogens with zero attached hydrogens (tertiary/aromatic N) is 2. The number of H-pyrrole nitrogens is 1. The van der Waals surface area contributed by atoms with Crippen LogP contribution in [0, 0.1) is 0 Å². The number of nitrogens with one attached hydrogen (secondary N) is 1.